The van der Waals surface area contributed by atoms with Gasteiger partial charge in [0, 0.05) is 27.7 Å². The molecule has 40 heavy (non-hydrogen) atoms. The summed E-state index contributed by atoms with van der Waals surface area (Å²) in [5, 5.41) is 3.37. The van der Waals surface area contributed by atoms with Crippen molar-refractivity contribution in [3.8, 4) is 0 Å². The molecular weight excluding hydrogens is 576 g/mol. The fraction of sp³-hybridized carbons (Fsp3) is 0.310. The summed E-state index contributed by atoms with van der Waals surface area (Å²) < 4.78 is 43.3. The summed E-state index contributed by atoms with van der Waals surface area (Å²) >= 11 is 12.8. The van der Waals surface area contributed by atoms with E-state index >= 15 is 0 Å². The number of halogens is 3. The maximum atomic E-state index is 15.0. The molecule has 0 aliphatic rings. The normalized spacial score (nSPS) is 12.5. The molecule has 214 valence electrons. The van der Waals surface area contributed by atoms with Crippen LogP contribution >= 0.6 is 23.2 Å². The van der Waals surface area contributed by atoms with Crippen LogP contribution in [0.5, 0.6) is 0 Å². The third-order valence-electron chi connectivity index (χ3n) is 6.06. The van der Waals surface area contributed by atoms with E-state index in [-0.39, 0.29) is 27.2 Å². The number of sulfonamides is 1. The van der Waals surface area contributed by atoms with E-state index in [2.05, 4.69) is 5.32 Å². The van der Waals surface area contributed by atoms with E-state index in [4.69, 9.17) is 23.2 Å². The van der Waals surface area contributed by atoms with Gasteiger partial charge in [-0.25, -0.2) is 12.8 Å². The molecule has 1 atom stereocenters. The highest BCUT2D eigenvalue weighted by Crippen LogP contribution is 2.29. The molecule has 3 rings (SSSR count). The molecule has 0 aromatic heterocycles. The lowest BCUT2D eigenvalue weighted by atomic mass is 10.1. The van der Waals surface area contributed by atoms with Crippen molar-refractivity contribution in [2.24, 2.45) is 0 Å². The average Bonchev–Trinajstić information content (AvgIpc) is 2.86. The Balaban J connectivity index is 2.09. The lowest BCUT2D eigenvalue weighted by Crippen LogP contribution is -2.54. The third kappa shape index (κ3) is 7.53. The highest BCUT2D eigenvalue weighted by Gasteiger charge is 2.34. The largest absolute Gasteiger partial charge is 0.350 e. The Morgan fingerprint density at radius 2 is 1.52 bits per heavy atom. The van der Waals surface area contributed by atoms with Crippen LogP contribution in [0.2, 0.25) is 10.0 Å². The number of hydrogen-bond donors (Lipinski definition) is 1. The van der Waals surface area contributed by atoms with Crippen LogP contribution in [0.3, 0.4) is 0 Å². The summed E-state index contributed by atoms with van der Waals surface area (Å²) in [6.07, 6.45) is 0. The summed E-state index contributed by atoms with van der Waals surface area (Å²) in [7, 11) is -4.39. The summed E-state index contributed by atoms with van der Waals surface area (Å²) in [6, 6.07) is 15.1. The van der Waals surface area contributed by atoms with Crippen LogP contribution in [-0.4, -0.2) is 43.3 Å². The van der Waals surface area contributed by atoms with Crippen molar-refractivity contribution < 1.29 is 22.4 Å². The van der Waals surface area contributed by atoms with E-state index in [1.54, 1.807) is 58.0 Å². The van der Waals surface area contributed by atoms with Crippen molar-refractivity contribution in [3.05, 3.63) is 93.7 Å². The lowest BCUT2D eigenvalue weighted by Gasteiger charge is -2.34. The van der Waals surface area contributed by atoms with Gasteiger partial charge in [-0.3, -0.25) is 13.9 Å². The third-order valence-corrected chi connectivity index (χ3v) is 8.55. The second-order valence-corrected chi connectivity index (χ2v) is 13.1. The van der Waals surface area contributed by atoms with Gasteiger partial charge in [0.15, 0.2) is 0 Å². The van der Waals surface area contributed by atoms with Crippen molar-refractivity contribution in [2.75, 3.05) is 10.8 Å². The first-order chi connectivity index (χ1) is 18.6. The number of rotatable bonds is 9. The Bertz CT molecular complexity index is 1470. The molecule has 3 aromatic carbocycles. The van der Waals surface area contributed by atoms with Crippen molar-refractivity contribution in [1.82, 2.24) is 10.2 Å². The van der Waals surface area contributed by atoms with Crippen LogP contribution in [0, 0.1) is 12.7 Å². The molecule has 0 spiro atoms. The number of carbonyl (C=O) groups is 2. The second kappa shape index (κ2) is 12.6. The van der Waals surface area contributed by atoms with Gasteiger partial charge < -0.3 is 10.2 Å². The van der Waals surface area contributed by atoms with Crippen LogP contribution in [0.15, 0.2) is 71.6 Å². The Morgan fingerprint density at radius 3 is 2.08 bits per heavy atom. The van der Waals surface area contributed by atoms with Crippen LogP contribution < -0.4 is 9.62 Å². The van der Waals surface area contributed by atoms with Gasteiger partial charge >= 0.3 is 0 Å². The Hall–Kier alpha value is -3.14. The quantitative estimate of drug-likeness (QED) is 0.325. The van der Waals surface area contributed by atoms with Crippen LogP contribution in [0.1, 0.15) is 38.8 Å². The second-order valence-electron chi connectivity index (χ2n) is 10.4. The van der Waals surface area contributed by atoms with Crippen molar-refractivity contribution in [1.29, 1.82) is 0 Å². The molecule has 0 fully saturated rings. The van der Waals surface area contributed by atoms with E-state index in [0.717, 1.165) is 11.6 Å². The number of carbonyl (C=O) groups excluding carboxylic acids is 2. The molecule has 0 aliphatic carbocycles. The molecule has 0 unspecified atom stereocenters. The lowest BCUT2D eigenvalue weighted by molar-refractivity contribution is -0.140. The van der Waals surface area contributed by atoms with Crippen LogP contribution in [-0.2, 0) is 26.2 Å². The number of nitrogens with one attached hydrogen (secondary N) is 1. The summed E-state index contributed by atoms with van der Waals surface area (Å²) in [5.74, 6) is -2.06. The van der Waals surface area contributed by atoms with Gasteiger partial charge in [-0.1, -0.05) is 59.1 Å². The van der Waals surface area contributed by atoms with Crippen molar-refractivity contribution >= 4 is 50.7 Å². The zero-order valence-electron chi connectivity index (χ0n) is 22.9. The molecule has 1 N–H and O–H groups in total. The first kappa shape index (κ1) is 31.4. The highest BCUT2D eigenvalue weighted by molar-refractivity contribution is 7.92. The number of hydrogen-bond acceptors (Lipinski definition) is 4. The molecule has 0 heterocycles. The van der Waals surface area contributed by atoms with Crippen molar-refractivity contribution in [2.45, 2.75) is 57.6 Å². The summed E-state index contributed by atoms with van der Waals surface area (Å²) in [5.41, 5.74) is 0.303. The van der Waals surface area contributed by atoms with E-state index in [1.165, 1.54) is 42.2 Å². The first-order valence-corrected chi connectivity index (χ1v) is 14.7. The number of nitrogens with zero attached hydrogens (tertiary/aromatic N) is 2. The molecule has 0 saturated heterocycles. The summed E-state index contributed by atoms with van der Waals surface area (Å²) in [4.78, 5) is 28.2. The number of anilines is 1. The van der Waals surface area contributed by atoms with Gasteiger partial charge in [-0.15, -0.1) is 0 Å². The standard InChI is InChI=1S/C29H32Cl2FN3O4S/c1-19-13-15-21(16-14-19)40(38,39)35(26-12-7-6-11-25(26)32)18-27(36)34(20(2)28(37)33-29(3,4)5)17-22-23(30)9-8-10-24(22)31/h6-16,20H,17-18H2,1-5H3,(H,33,37)/t20-/m1/s1. The Kier molecular flexibility index (Phi) is 9.87. The van der Waals surface area contributed by atoms with Gasteiger partial charge in [-0.2, -0.15) is 0 Å². The van der Waals surface area contributed by atoms with Gasteiger partial charge in [0.2, 0.25) is 11.8 Å². The zero-order valence-corrected chi connectivity index (χ0v) is 25.2. The molecule has 2 amide bonds. The predicted molar refractivity (Wildman–Crippen MR) is 156 cm³/mol. The molecular formula is C29H32Cl2FN3O4S. The number of aryl methyl sites for hydroxylation is 1. The van der Waals surface area contributed by atoms with Gasteiger partial charge in [0.1, 0.15) is 18.4 Å². The SMILES string of the molecule is Cc1ccc(S(=O)(=O)N(CC(=O)N(Cc2c(Cl)cccc2Cl)[C@H](C)C(=O)NC(C)(C)C)c2ccccc2F)cc1. The Morgan fingerprint density at radius 1 is 0.950 bits per heavy atom. The van der Waals surface area contributed by atoms with Gasteiger partial charge in [0.05, 0.1) is 10.6 Å². The molecule has 0 saturated carbocycles. The van der Waals surface area contributed by atoms with E-state index in [0.29, 0.717) is 9.87 Å². The molecule has 11 heteroatoms. The van der Waals surface area contributed by atoms with E-state index in [9.17, 15) is 22.4 Å². The van der Waals surface area contributed by atoms with Crippen LogP contribution in [0.25, 0.3) is 0 Å². The molecule has 3 aromatic rings. The monoisotopic (exact) mass is 607 g/mol. The van der Waals surface area contributed by atoms with Crippen molar-refractivity contribution in [3.63, 3.8) is 0 Å². The van der Waals surface area contributed by atoms with Crippen LogP contribution in [0.4, 0.5) is 10.1 Å². The maximum Gasteiger partial charge on any atom is 0.264 e. The Labute approximate surface area is 244 Å². The first-order valence-electron chi connectivity index (χ1n) is 12.5. The molecule has 0 radical (unpaired) electrons. The minimum atomic E-state index is -4.39. The molecule has 7 nitrogen and oxygen atoms in total. The van der Waals surface area contributed by atoms with Gasteiger partial charge in [-0.05, 0) is 71.0 Å². The number of amides is 2. The van der Waals surface area contributed by atoms with E-state index < -0.39 is 45.8 Å². The minimum Gasteiger partial charge on any atom is -0.350 e. The fourth-order valence-electron chi connectivity index (χ4n) is 3.92. The maximum absolute atomic E-state index is 15.0. The average molecular weight is 609 g/mol. The number of benzene rings is 3. The minimum absolute atomic E-state index is 0.117. The fourth-order valence-corrected chi connectivity index (χ4v) is 5.85. The van der Waals surface area contributed by atoms with E-state index in [1.807, 2.05) is 0 Å². The smallest absolute Gasteiger partial charge is 0.264 e. The topological polar surface area (TPSA) is 86.8 Å². The zero-order chi connectivity index (χ0) is 29.8. The highest BCUT2D eigenvalue weighted by atomic mass is 35.5. The predicted octanol–water partition coefficient (Wildman–Crippen LogP) is 5.97. The molecule has 0 aliphatic heterocycles. The molecule has 0 bridgehead atoms. The summed E-state index contributed by atoms with van der Waals surface area (Å²) in [6.45, 7) is 7.73. The van der Waals surface area contributed by atoms with Gasteiger partial charge in [0.25, 0.3) is 10.0 Å². The number of para-hydroxylation sites is 1.